The van der Waals surface area contributed by atoms with Gasteiger partial charge in [0, 0.05) is 6.54 Å². The average molecular weight is 296 g/mol. The molecule has 0 bridgehead atoms. The molecule has 2 N–H and O–H groups in total. The van der Waals surface area contributed by atoms with Crippen molar-refractivity contribution in [3.05, 3.63) is 29.8 Å². The van der Waals surface area contributed by atoms with Gasteiger partial charge in [-0.25, -0.2) is 8.42 Å². The Hall–Kier alpha value is -1.42. The van der Waals surface area contributed by atoms with Crippen LogP contribution in [-0.4, -0.2) is 38.5 Å². The number of nitrogens with one attached hydrogen (secondary N) is 1. The number of aliphatic hydroxyl groups is 1. The highest BCUT2D eigenvalue weighted by Crippen LogP contribution is 2.11. The summed E-state index contributed by atoms with van der Waals surface area (Å²) in [5.74, 6) is 0.00111. The predicted molar refractivity (Wildman–Crippen MR) is 77.0 cm³/mol. The van der Waals surface area contributed by atoms with Crippen LogP contribution >= 0.6 is 0 Å². The molecule has 0 spiro atoms. The molecule has 6 heteroatoms. The highest BCUT2D eigenvalue weighted by molar-refractivity contribution is 7.91. The van der Waals surface area contributed by atoms with Crippen LogP contribution < -0.4 is 5.32 Å². The molecule has 0 aromatic heterocycles. The summed E-state index contributed by atoms with van der Waals surface area (Å²) < 4.78 is 24.0. The van der Waals surface area contributed by atoms with E-state index in [1.165, 1.54) is 24.3 Å². The van der Waals surface area contributed by atoms with E-state index in [9.17, 15) is 13.5 Å². The summed E-state index contributed by atoms with van der Waals surface area (Å²) in [4.78, 5) is 0.229. The molecule has 0 fully saturated rings. The number of nitrogens with zero attached hydrogens (tertiary/aromatic N) is 1. The molecular weight excluding hydrogens is 276 g/mol. The first kappa shape index (κ1) is 16.6. The van der Waals surface area contributed by atoms with Crippen molar-refractivity contribution < 1.29 is 13.5 Å². The lowest BCUT2D eigenvalue weighted by Crippen LogP contribution is -2.26. The number of hydrogen-bond acceptors (Lipinski definition) is 5. The monoisotopic (exact) mass is 296 g/mol. The molecular formula is C14H20N2O3S. The van der Waals surface area contributed by atoms with E-state index in [0.29, 0.717) is 31.5 Å². The number of sulfone groups is 1. The van der Waals surface area contributed by atoms with Crippen LogP contribution in [0.15, 0.2) is 29.2 Å². The smallest absolute Gasteiger partial charge is 0.179 e. The van der Waals surface area contributed by atoms with Crippen molar-refractivity contribution in [3.8, 4) is 6.07 Å². The van der Waals surface area contributed by atoms with Crippen molar-refractivity contribution in [1.29, 1.82) is 5.26 Å². The van der Waals surface area contributed by atoms with Crippen LogP contribution in [0.4, 0.5) is 0 Å². The van der Waals surface area contributed by atoms with Crippen LogP contribution in [0.1, 0.15) is 25.3 Å². The summed E-state index contributed by atoms with van der Waals surface area (Å²) >= 11 is 0. The Balaban J connectivity index is 2.43. The van der Waals surface area contributed by atoms with Gasteiger partial charge in [-0.05, 0) is 43.7 Å². The molecule has 0 aliphatic carbocycles. The Morgan fingerprint density at radius 1 is 1.30 bits per heavy atom. The Labute approximate surface area is 120 Å². The largest absolute Gasteiger partial charge is 0.393 e. The van der Waals surface area contributed by atoms with E-state index in [-0.39, 0.29) is 16.8 Å². The molecule has 1 rings (SSSR count). The maximum absolute atomic E-state index is 12.0. The third-order valence-corrected chi connectivity index (χ3v) is 4.75. The molecule has 0 saturated heterocycles. The van der Waals surface area contributed by atoms with Gasteiger partial charge in [0.25, 0.3) is 0 Å². The molecule has 1 aromatic carbocycles. The van der Waals surface area contributed by atoms with Crippen molar-refractivity contribution >= 4 is 9.84 Å². The summed E-state index contributed by atoms with van der Waals surface area (Å²) in [7, 11) is -3.33. The Morgan fingerprint density at radius 2 is 1.95 bits per heavy atom. The maximum atomic E-state index is 12.0. The van der Waals surface area contributed by atoms with Crippen LogP contribution in [0.2, 0.25) is 0 Å². The second kappa shape index (κ2) is 8.00. The maximum Gasteiger partial charge on any atom is 0.179 e. The van der Waals surface area contributed by atoms with Gasteiger partial charge in [-0.1, -0.05) is 6.92 Å². The zero-order valence-electron chi connectivity index (χ0n) is 11.5. The first-order valence-electron chi connectivity index (χ1n) is 6.61. The molecule has 5 nitrogen and oxygen atoms in total. The second-order valence-corrected chi connectivity index (χ2v) is 6.66. The lowest BCUT2D eigenvalue weighted by atomic mass is 10.2. The van der Waals surface area contributed by atoms with Gasteiger partial charge in [0.2, 0.25) is 0 Å². The van der Waals surface area contributed by atoms with Crippen LogP contribution in [0.5, 0.6) is 0 Å². The molecule has 0 heterocycles. The van der Waals surface area contributed by atoms with Crippen LogP contribution in [0.25, 0.3) is 0 Å². The predicted octanol–water partition coefficient (Wildman–Crippen LogP) is 1.08. The van der Waals surface area contributed by atoms with E-state index >= 15 is 0 Å². The summed E-state index contributed by atoms with van der Waals surface area (Å²) in [6, 6.07) is 7.85. The third-order valence-electron chi connectivity index (χ3n) is 3.02. The molecule has 1 unspecified atom stereocenters. The Bertz CT molecular complexity index is 547. The van der Waals surface area contributed by atoms with Gasteiger partial charge >= 0.3 is 0 Å². The molecule has 0 aliphatic heterocycles. The molecule has 1 atom stereocenters. The molecule has 0 radical (unpaired) electrons. The summed E-state index contributed by atoms with van der Waals surface area (Å²) in [5, 5.41) is 21.0. The molecule has 110 valence electrons. The van der Waals surface area contributed by atoms with Crippen LogP contribution in [-0.2, 0) is 9.84 Å². The summed E-state index contributed by atoms with van der Waals surface area (Å²) in [5.41, 5.74) is 0.440. The van der Waals surface area contributed by atoms with E-state index in [4.69, 9.17) is 5.26 Å². The topological polar surface area (TPSA) is 90.2 Å². The first-order valence-corrected chi connectivity index (χ1v) is 8.26. The van der Waals surface area contributed by atoms with E-state index in [1.54, 1.807) is 0 Å². The fourth-order valence-electron chi connectivity index (χ4n) is 1.66. The van der Waals surface area contributed by atoms with Crippen LogP contribution in [0.3, 0.4) is 0 Å². The van der Waals surface area contributed by atoms with Crippen molar-refractivity contribution in [2.24, 2.45) is 0 Å². The minimum atomic E-state index is -3.33. The fourth-order valence-corrected chi connectivity index (χ4v) is 2.86. The Kier molecular flexibility index (Phi) is 6.65. The van der Waals surface area contributed by atoms with E-state index < -0.39 is 9.84 Å². The van der Waals surface area contributed by atoms with Crippen molar-refractivity contribution in [2.75, 3.05) is 18.8 Å². The number of aliphatic hydroxyl groups excluding tert-OH is 1. The highest BCUT2D eigenvalue weighted by Gasteiger charge is 2.13. The van der Waals surface area contributed by atoms with Gasteiger partial charge in [0.05, 0.1) is 28.4 Å². The molecule has 0 aliphatic rings. The fraction of sp³-hybridized carbons (Fsp3) is 0.500. The highest BCUT2D eigenvalue weighted by atomic mass is 32.2. The minimum absolute atomic E-state index is 0.00111. The third kappa shape index (κ3) is 5.29. The van der Waals surface area contributed by atoms with Crippen molar-refractivity contribution in [2.45, 2.75) is 30.8 Å². The molecule has 1 aromatic rings. The van der Waals surface area contributed by atoms with Gasteiger partial charge in [-0.15, -0.1) is 0 Å². The normalized spacial score (nSPS) is 12.8. The Morgan fingerprint density at radius 3 is 2.50 bits per heavy atom. The molecule has 0 amide bonds. The molecule has 0 saturated carbocycles. The van der Waals surface area contributed by atoms with Gasteiger partial charge < -0.3 is 10.4 Å². The zero-order chi connectivity index (χ0) is 15.0. The first-order chi connectivity index (χ1) is 9.49. The van der Waals surface area contributed by atoms with E-state index in [2.05, 4.69) is 5.32 Å². The minimum Gasteiger partial charge on any atom is -0.393 e. The number of hydrogen-bond donors (Lipinski definition) is 2. The number of nitriles is 1. The molecule has 20 heavy (non-hydrogen) atoms. The van der Waals surface area contributed by atoms with Gasteiger partial charge in [0.1, 0.15) is 0 Å². The van der Waals surface area contributed by atoms with Crippen LogP contribution in [0, 0.1) is 11.3 Å². The van der Waals surface area contributed by atoms with Crippen molar-refractivity contribution in [3.63, 3.8) is 0 Å². The lowest BCUT2D eigenvalue weighted by Gasteiger charge is -2.09. The quantitative estimate of drug-likeness (QED) is 0.701. The summed E-state index contributed by atoms with van der Waals surface area (Å²) in [6.45, 7) is 2.84. The van der Waals surface area contributed by atoms with E-state index in [0.717, 1.165) is 0 Å². The standard InChI is InChI=1S/C14H20N2O3S/c1-2-13(17)7-8-16-9-10-20(18,19)14-5-3-12(11-15)4-6-14/h3-6,13,16-17H,2,7-10H2,1H3. The number of benzene rings is 1. The summed E-state index contributed by atoms with van der Waals surface area (Å²) in [6.07, 6.45) is 0.983. The van der Waals surface area contributed by atoms with Gasteiger partial charge in [-0.2, -0.15) is 5.26 Å². The van der Waals surface area contributed by atoms with Gasteiger partial charge in [0.15, 0.2) is 9.84 Å². The number of rotatable bonds is 8. The van der Waals surface area contributed by atoms with Crippen molar-refractivity contribution in [1.82, 2.24) is 5.32 Å². The van der Waals surface area contributed by atoms with E-state index in [1.807, 2.05) is 13.0 Å². The average Bonchev–Trinajstić information content (AvgIpc) is 2.46. The SMILES string of the molecule is CCC(O)CCNCCS(=O)(=O)c1ccc(C#N)cc1. The second-order valence-electron chi connectivity index (χ2n) is 4.56. The zero-order valence-corrected chi connectivity index (χ0v) is 12.4. The lowest BCUT2D eigenvalue weighted by molar-refractivity contribution is 0.160. The van der Waals surface area contributed by atoms with Gasteiger partial charge in [-0.3, -0.25) is 0 Å².